The number of aryl methyl sites for hydroxylation is 1. The molecule has 8 nitrogen and oxygen atoms in total. The van der Waals surface area contributed by atoms with E-state index < -0.39 is 0 Å². The lowest BCUT2D eigenvalue weighted by atomic mass is 10.2. The lowest BCUT2D eigenvalue weighted by Gasteiger charge is -2.07. The molecule has 0 aliphatic heterocycles. The predicted molar refractivity (Wildman–Crippen MR) is 104 cm³/mol. The minimum atomic E-state index is -0.338. The van der Waals surface area contributed by atoms with Gasteiger partial charge >= 0.3 is 5.69 Å². The third kappa shape index (κ3) is 3.20. The summed E-state index contributed by atoms with van der Waals surface area (Å²) >= 11 is 0. The highest BCUT2D eigenvalue weighted by molar-refractivity contribution is 5.75. The minimum absolute atomic E-state index is 0.134. The molecule has 0 aliphatic carbocycles. The van der Waals surface area contributed by atoms with Gasteiger partial charge in [0.1, 0.15) is 6.54 Å². The third-order valence-corrected chi connectivity index (χ3v) is 4.69. The summed E-state index contributed by atoms with van der Waals surface area (Å²) in [4.78, 5) is 24.6. The van der Waals surface area contributed by atoms with Crippen LogP contribution in [0.25, 0.3) is 11.3 Å². The van der Waals surface area contributed by atoms with Crippen LogP contribution in [0.3, 0.4) is 0 Å². The van der Waals surface area contributed by atoms with E-state index in [0.29, 0.717) is 12.2 Å². The molecular formula is C20H20N6O2. The van der Waals surface area contributed by atoms with Gasteiger partial charge in [0.05, 0.1) is 11.4 Å². The van der Waals surface area contributed by atoms with E-state index in [-0.39, 0.29) is 18.1 Å². The molecule has 0 atom stereocenters. The molecule has 1 amide bonds. The van der Waals surface area contributed by atoms with E-state index in [9.17, 15) is 9.59 Å². The summed E-state index contributed by atoms with van der Waals surface area (Å²) in [6.45, 7) is 4.10. The average molecular weight is 376 g/mol. The maximum Gasteiger partial charge on any atom is 0.350 e. The normalized spacial score (nSPS) is 11.1. The van der Waals surface area contributed by atoms with Crippen LogP contribution in [0.2, 0.25) is 0 Å². The van der Waals surface area contributed by atoms with Gasteiger partial charge in [-0.05, 0) is 38.1 Å². The number of aromatic nitrogens is 5. The van der Waals surface area contributed by atoms with Crippen molar-refractivity contribution < 1.29 is 4.79 Å². The van der Waals surface area contributed by atoms with Crippen molar-refractivity contribution in [1.29, 1.82) is 0 Å². The smallest absolute Gasteiger partial charge is 0.350 e. The van der Waals surface area contributed by atoms with Crippen molar-refractivity contribution >= 4 is 11.6 Å². The molecule has 0 radical (unpaired) electrons. The Labute approximate surface area is 161 Å². The fourth-order valence-corrected chi connectivity index (χ4v) is 3.20. The molecule has 142 valence electrons. The number of hydrogen-bond acceptors (Lipinski definition) is 4. The number of nitrogens with zero attached hydrogens (tertiary/aromatic N) is 5. The van der Waals surface area contributed by atoms with Crippen molar-refractivity contribution in [3.63, 3.8) is 0 Å². The summed E-state index contributed by atoms with van der Waals surface area (Å²) in [6, 6.07) is 15.1. The lowest BCUT2D eigenvalue weighted by Crippen LogP contribution is -2.32. The highest BCUT2D eigenvalue weighted by Crippen LogP contribution is 2.17. The molecule has 0 saturated carbocycles. The predicted octanol–water partition coefficient (Wildman–Crippen LogP) is 1.61. The SMILES string of the molecule is Cc1nn(-c2ccccc2)c(C)c1CNC(=O)Cn1nc2ccccn2c1=O. The van der Waals surface area contributed by atoms with Gasteiger partial charge in [0.15, 0.2) is 5.65 Å². The van der Waals surface area contributed by atoms with Gasteiger partial charge in [-0.25, -0.2) is 14.2 Å². The zero-order valence-corrected chi connectivity index (χ0v) is 15.7. The number of nitrogens with one attached hydrogen (secondary N) is 1. The van der Waals surface area contributed by atoms with E-state index in [4.69, 9.17) is 0 Å². The summed E-state index contributed by atoms with van der Waals surface area (Å²) in [5.41, 5.74) is 3.92. The van der Waals surface area contributed by atoms with E-state index in [1.54, 1.807) is 24.4 Å². The number of benzene rings is 1. The van der Waals surface area contributed by atoms with E-state index in [1.807, 2.05) is 48.9 Å². The van der Waals surface area contributed by atoms with Crippen LogP contribution >= 0.6 is 0 Å². The van der Waals surface area contributed by atoms with Crippen molar-refractivity contribution in [2.24, 2.45) is 0 Å². The summed E-state index contributed by atoms with van der Waals surface area (Å²) in [5.74, 6) is -0.281. The Hall–Kier alpha value is -3.68. The molecule has 0 unspecified atom stereocenters. The molecule has 0 aliphatic rings. The van der Waals surface area contributed by atoms with Gasteiger partial charge in [0.2, 0.25) is 5.91 Å². The number of para-hydroxylation sites is 1. The quantitative estimate of drug-likeness (QED) is 0.573. The zero-order valence-electron chi connectivity index (χ0n) is 15.7. The number of pyridine rings is 1. The van der Waals surface area contributed by atoms with Gasteiger partial charge in [0.25, 0.3) is 0 Å². The number of fused-ring (bicyclic) bond motifs is 1. The van der Waals surface area contributed by atoms with Crippen LogP contribution in [0.4, 0.5) is 0 Å². The molecule has 0 spiro atoms. The van der Waals surface area contributed by atoms with Crippen LogP contribution in [0, 0.1) is 13.8 Å². The Morgan fingerprint density at radius 2 is 1.79 bits per heavy atom. The largest absolute Gasteiger partial charge is 0.350 e. The van der Waals surface area contributed by atoms with Crippen LogP contribution < -0.4 is 11.0 Å². The molecule has 8 heteroatoms. The Balaban J connectivity index is 1.48. The van der Waals surface area contributed by atoms with E-state index in [2.05, 4.69) is 15.5 Å². The second kappa shape index (κ2) is 7.15. The number of hydrogen-bond donors (Lipinski definition) is 1. The Morgan fingerprint density at radius 3 is 2.54 bits per heavy atom. The maximum atomic E-state index is 12.4. The molecule has 1 N–H and O–H groups in total. The van der Waals surface area contributed by atoms with Crippen LogP contribution in [0.1, 0.15) is 17.0 Å². The third-order valence-electron chi connectivity index (χ3n) is 4.69. The minimum Gasteiger partial charge on any atom is -0.350 e. The summed E-state index contributed by atoms with van der Waals surface area (Å²) in [6.07, 6.45) is 1.63. The maximum absolute atomic E-state index is 12.4. The van der Waals surface area contributed by atoms with E-state index in [0.717, 1.165) is 27.3 Å². The van der Waals surface area contributed by atoms with Crippen LogP contribution in [-0.4, -0.2) is 29.9 Å². The number of amides is 1. The first kappa shape index (κ1) is 17.7. The molecule has 3 aromatic heterocycles. The number of carbonyl (C=O) groups is 1. The molecular weight excluding hydrogens is 356 g/mol. The monoisotopic (exact) mass is 376 g/mol. The van der Waals surface area contributed by atoms with Gasteiger partial charge in [-0.1, -0.05) is 24.3 Å². The van der Waals surface area contributed by atoms with Crippen LogP contribution in [0.5, 0.6) is 0 Å². The first-order chi connectivity index (χ1) is 13.5. The first-order valence-corrected chi connectivity index (χ1v) is 8.96. The fraction of sp³-hybridized carbons (Fsp3) is 0.200. The molecule has 0 saturated heterocycles. The number of rotatable bonds is 5. The second-order valence-corrected chi connectivity index (χ2v) is 6.54. The van der Waals surface area contributed by atoms with E-state index in [1.165, 1.54) is 4.40 Å². The highest BCUT2D eigenvalue weighted by Gasteiger charge is 2.15. The molecule has 4 rings (SSSR count). The van der Waals surface area contributed by atoms with E-state index >= 15 is 0 Å². The second-order valence-electron chi connectivity index (χ2n) is 6.54. The van der Waals surface area contributed by atoms with Crippen molar-refractivity contribution in [2.45, 2.75) is 26.9 Å². The highest BCUT2D eigenvalue weighted by atomic mass is 16.2. The number of carbonyl (C=O) groups excluding carboxylic acids is 1. The van der Waals surface area contributed by atoms with Crippen molar-refractivity contribution in [3.8, 4) is 5.69 Å². The average Bonchev–Trinajstić information content (AvgIpc) is 3.17. The summed E-state index contributed by atoms with van der Waals surface area (Å²) in [5, 5.41) is 11.6. The molecule has 1 aromatic carbocycles. The fourth-order valence-electron chi connectivity index (χ4n) is 3.20. The van der Waals surface area contributed by atoms with Crippen molar-refractivity contribution in [3.05, 3.63) is 82.2 Å². The van der Waals surface area contributed by atoms with Gasteiger partial charge in [-0.2, -0.15) is 5.10 Å². The first-order valence-electron chi connectivity index (χ1n) is 8.96. The molecule has 0 fully saturated rings. The molecule has 0 bridgehead atoms. The van der Waals surface area contributed by atoms with Crippen molar-refractivity contribution in [1.82, 2.24) is 29.3 Å². The Bertz CT molecular complexity index is 1200. The van der Waals surface area contributed by atoms with Crippen LogP contribution in [-0.2, 0) is 17.9 Å². The topological polar surface area (TPSA) is 86.2 Å². The summed E-state index contributed by atoms with van der Waals surface area (Å²) < 4.78 is 4.44. The van der Waals surface area contributed by atoms with Gasteiger partial charge < -0.3 is 5.32 Å². The molecule has 28 heavy (non-hydrogen) atoms. The van der Waals surface area contributed by atoms with Gasteiger partial charge in [-0.15, -0.1) is 5.10 Å². The lowest BCUT2D eigenvalue weighted by molar-refractivity contribution is -0.122. The summed E-state index contributed by atoms with van der Waals surface area (Å²) in [7, 11) is 0. The zero-order chi connectivity index (χ0) is 19.7. The molecule has 4 aromatic rings. The Morgan fingerprint density at radius 1 is 1.04 bits per heavy atom. The Kier molecular flexibility index (Phi) is 4.52. The van der Waals surface area contributed by atoms with Crippen LogP contribution in [0.15, 0.2) is 59.5 Å². The molecule has 3 heterocycles. The van der Waals surface area contributed by atoms with Gasteiger partial charge in [0, 0.05) is 24.0 Å². The standard InChI is InChI=1S/C20H20N6O2/c1-14-17(15(2)26(22-14)16-8-4-3-5-9-16)12-21-19(27)13-25-20(28)24-11-7-6-10-18(24)23-25/h3-11H,12-13H2,1-2H3,(H,21,27). The van der Waals surface area contributed by atoms with Gasteiger partial charge in [-0.3, -0.25) is 9.20 Å². The van der Waals surface area contributed by atoms with Crippen molar-refractivity contribution in [2.75, 3.05) is 0 Å².